The number of nitrogens with zero attached hydrogens (tertiary/aromatic N) is 1. The van der Waals surface area contributed by atoms with Crippen molar-refractivity contribution in [3.05, 3.63) is 34.9 Å². The fourth-order valence-corrected chi connectivity index (χ4v) is 1.02. The maximum absolute atomic E-state index is 10.8. The average molecular weight is 214 g/mol. The Bertz CT molecular complexity index is 294. The van der Waals surface area contributed by atoms with Crippen LogP contribution in [0.2, 0.25) is 5.02 Å². The Labute approximate surface area is 90.5 Å². The summed E-state index contributed by atoms with van der Waals surface area (Å²) in [5, 5.41) is 0.523. The fourth-order valence-electron chi connectivity index (χ4n) is 0.747. The van der Waals surface area contributed by atoms with E-state index in [4.69, 9.17) is 11.6 Å². The summed E-state index contributed by atoms with van der Waals surface area (Å²) in [5.41, 5.74) is 0.587. The number of carbonyl (C=O) groups is 1. The normalized spacial score (nSPS) is 9.29. The van der Waals surface area contributed by atoms with Crippen LogP contribution in [0, 0.1) is 0 Å². The Hall–Kier alpha value is -0.860. The van der Waals surface area contributed by atoms with Crippen LogP contribution < -0.4 is 0 Å². The Morgan fingerprint density at radius 1 is 1.21 bits per heavy atom. The monoisotopic (exact) mass is 213 g/mol. The third kappa shape index (κ3) is 5.73. The average Bonchev–Trinajstić information content (AvgIpc) is 2.03. The van der Waals surface area contributed by atoms with Gasteiger partial charge in [-0.15, -0.1) is 0 Å². The first kappa shape index (κ1) is 13.1. The predicted molar refractivity (Wildman–Crippen MR) is 61.1 cm³/mol. The zero-order chi connectivity index (χ0) is 11.1. The lowest BCUT2D eigenvalue weighted by molar-refractivity contribution is 0.101. The minimum atomic E-state index is 0.00519. The first-order valence-corrected chi connectivity index (χ1v) is 4.69. The van der Waals surface area contributed by atoms with Crippen LogP contribution in [0.3, 0.4) is 0 Å². The molecule has 0 amide bonds. The van der Waals surface area contributed by atoms with E-state index in [2.05, 4.69) is 0 Å². The molecule has 0 heterocycles. The maximum Gasteiger partial charge on any atom is 0.161 e. The van der Waals surface area contributed by atoms with E-state index in [9.17, 15) is 4.79 Å². The highest BCUT2D eigenvalue weighted by atomic mass is 35.5. The molecular formula is C11H16ClNO. The first-order chi connectivity index (χ1) is 6.45. The number of rotatable bonds is 1. The molecule has 1 aromatic rings. The quantitative estimate of drug-likeness (QED) is 0.669. The summed E-state index contributed by atoms with van der Waals surface area (Å²) < 4.78 is 0. The standard InChI is InChI=1S/C8H7ClO.C3H9N/c1-6(10)7-4-2-3-5-8(7)9;1-4(2)3/h2-5H,1H3;1-3H3. The van der Waals surface area contributed by atoms with Crippen molar-refractivity contribution in [2.45, 2.75) is 6.92 Å². The Morgan fingerprint density at radius 2 is 1.64 bits per heavy atom. The smallest absolute Gasteiger partial charge is 0.161 e. The van der Waals surface area contributed by atoms with Gasteiger partial charge < -0.3 is 4.90 Å². The lowest BCUT2D eigenvalue weighted by Gasteiger charge is -1.95. The molecule has 2 nitrogen and oxygen atoms in total. The number of carbonyl (C=O) groups excluding carboxylic acids is 1. The molecule has 0 spiro atoms. The van der Waals surface area contributed by atoms with Gasteiger partial charge >= 0.3 is 0 Å². The van der Waals surface area contributed by atoms with E-state index < -0.39 is 0 Å². The Morgan fingerprint density at radius 3 is 1.93 bits per heavy atom. The molecule has 0 bridgehead atoms. The summed E-state index contributed by atoms with van der Waals surface area (Å²) in [5.74, 6) is 0.00519. The zero-order valence-electron chi connectivity index (χ0n) is 9.04. The molecule has 0 radical (unpaired) electrons. The highest BCUT2D eigenvalue weighted by Crippen LogP contribution is 2.14. The second-order valence-electron chi connectivity index (χ2n) is 3.38. The Balaban J connectivity index is 0.000000364. The largest absolute Gasteiger partial charge is 0.312 e. The van der Waals surface area contributed by atoms with Gasteiger partial charge in [0.05, 0.1) is 5.02 Å². The number of ketones is 1. The third-order valence-corrected chi connectivity index (χ3v) is 1.58. The summed E-state index contributed by atoms with van der Waals surface area (Å²) in [6.07, 6.45) is 0. The van der Waals surface area contributed by atoms with E-state index in [0.29, 0.717) is 10.6 Å². The summed E-state index contributed by atoms with van der Waals surface area (Å²) >= 11 is 5.70. The third-order valence-electron chi connectivity index (χ3n) is 1.25. The highest BCUT2D eigenvalue weighted by Gasteiger charge is 2.01. The second kappa shape index (κ2) is 6.57. The van der Waals surface area contributed by atoms with Crippen molar-refractivity contribution in [2.24, 2.45) is 0 Å². The molecule has 0 aliphatic carbocycles. The number of hydrogen-bond donors (Lipinski definition) is 0. The lowest BCUT2D eigenvalue weighted by atomic mass is 10.1. The molecule has 0 saturated carbocycles. The number of hydrogen-bond acceptors (Lipinski definition) is 2. The van der Waals surface area contributed by atoms with E-state index in [1.807, 2.05) is 26.0 Å². The zero-order valence-corrected chi connectivity index (χ0v) is 9.80. The molecule has 0 unspecified atom stereocenters. The molecule has 0 aliphatic heterocycles. The van der Waals surface area contributed by atoms with Crippen LogP contribution in [-0.2, 0) is 0 Å². The molecule has 78 valence electrons. The van der Waals surface area contributed by atoms with E-state index in [0.717, 1.165) is 0 Å². The molecule has 3 heteroatoms. The second-order valence-corrected chi connectivity index (χ2v) is 3.78. The molecule has 0 fully saturated rings. The molecule has 1 rings (SSSR count). The van der Waals surface area contributed by atoms with Crippen LogP contribution in [0.25, 0.3) is 0 Å². The molecule has 14 heavy (non-hydrogen) atoms. The van der Waals surface area contributed by atoms with Gasteiger partial charge in [-0.25, -0.2) is 0 Å². The molecule has 0 N–H and O–H groups in total. The van der Waals surface area contributed by atoms with Gasteiger partial charge in [0.1, 0.15) is 0 Å². The van der Waals surface area contributed by atoms with Crippen molar-refractivity contribution in [3.8, 4) is 0 Å². The molecule has 0 aromatic heterocycles. The van der Waals surface area contributed by atoms with Crippen molar-refractivity contribution >= 4 is 17.4 Å². The van der Waals surface area contributed by atoms with Gasteiger partial charge in [0.2, 0.25) is 0 Å². The van der Waals surface area contributed by atoms with Gasteiger partial charge in [0.25, 0.3) is 0 Å². The van der Waals surface area contributed by atoms with Gasteiger partial charge in [0, 0.05) is 5.56 Å². The van der Waals surface area contributed by atoms with Crippen LogP contribution in [-0.4, -0.2) is 31.8 Å². The molecule has 1 aromatic carbocycles. The fraction of sp³-hybridized carbons (Fsp3) is 0.364. The van der Waals surface area contributed by atoms with Crippen LogP contribution >= 0.6 is 11.6 Å². The van der Waals surface area contributed by atoms with Crippen LogP contribution in [0.1, 0.15) is 17.3 Å². The highest BCUT2D eigenvalue weighted by molar-refractivity contribution is 6.33. The molecular weight excluding hydrogens is 198 g/mol. The van der Waals surface area contributed by atoms with Crippen molar-refractivity contribution in [2.75, 3.05) is 21.1 Å². The molecule has 0 saturated heterocycles. The Kier molecular flexibility index (Phi) is 6.17. The van der Waals surface area contributed by atoms with Gasteiger partial charge in [-0.1, -0.05) is 23.7 Å². The van der Waals surface area contributed by atoms with Gasteiger partial charge in [-0.3, -0.25) is 4.79 Å². The van der Waals surface area contributed by atoms with E-state index in [-0.39, 0.29) is 5.78 Å². The van der Waals surface area contributed by atoms with Gasteiger partial charge in [-0.05, 0) is 40.2 Å². The number of Topliss-reactive ketones (excluding diaryl/α,β-unsaturated/α-hetero) is 1. The number of halogens is 1. The van der Waals surface area contributed by atoms with Crippen LogP contribution in [0.4, 0.5) is 0 Å². The topological polar surface area (TPSA) is 20.3 Å². The van der Waals surface area contributed by atoms with Gasteiger partial charge in [0.15, 0.2) is 5.78 Å². The van der Waals surface area contributed by atoms with Gasteiger partial charge in [-0.2, -0.15) is 0 Å². The SMILES string of the molecule is CC(=O)c1ccccc1Cl.CN(C)C. The van der Waals surface area contributed by atoms with E-state index >= 15 is 0 Å². The van der Waals surface area contributed by atoms with Crippen molar-refractivity contribution in [1.29, 1.82) is 0 Å². The van der Waals surface area contributed by atoms with E-state index in [1.165, 1.54) is 6.92 Å². The van der Waals surface area contributed by atoms with E-state index in [1.54, 1.807) is 24.3 Å². The number of benzene rings is 1. The summed E-state index contributed by atoms with van der Waals surface area (Å²) in [6.45, 7) is 1.50. The minimum absolute atomic E-state index is 0.00519. The van der Waals surface area contributed by atoms with Crippen LogP contribution in [0.5, 0.6) is 0 Å². The summed E-state index contributed by atoms with van der Waals surface area (Å²) in [6, 6.07) is 7.01. The summed E-state index contributed by atoms with van der Waals surface area (Å²) in [7, 11) is 6.00. The molecule has 0 aliphatic rings. The van der Waals surface area contributed by atoms with Crippen molar-refractivity contribution in [3.63, 3.8) is 0 Å². The van der Waals surface area contributed by atoms with Crippen LogP contribution in [0.15, 0.2) is 24.3 Å². The van der Waals surface area contributed by atoms with Crippen molar-refractivity contribution < 1.29 is 4.79 Å². The maximum atomic E-state index is 10.8. The summed E-state index contributed by atoms with van der Waals surface area (Å²) in [4.78, 5) is 12.8. The first-order valence-electron chi connectivity index (χ1n) is 4.31. The van der Waals surface area contributed by atoms with Crippen molar-refractivity contribution in [1.82, 2.24) is 4.90 Å². The lowest BCUT2D eigenvalue weighted by Crippen LogP contribution is -1.99. The minimum Gasteiger partial charge on any atom is -0.312 e. The predicted octanol–water partition coefficient (Wildman–Crippen LogP) is 2.72. The molecule has 0 atom stereocenters.